The van der Waals surface area contributed by atoms with Crippen LogP contribution >= 0.6 is 0 Å². The zero-order valence-corrected chi connectivity index (χ0v) is 14.8. The first kappa shape index (κ1) is 17.9. The van der Waals surface area contributed by atoms with E-state index in [0.29, 0.717) is 11.4 Å². The molecule has 0 aliphatic rings. The minimum absolute atomic E-state index is 0.364. The van der Waals surface area contributed by atoms with Gasteiger partial charge in [0, 0.05) is 11.9 Å². The third-order valence-corrected chi connectivity index (χ3v) is 5.38. The molecule has 0 unspecified atom stereocenters. The van der Waals surface area contributed by atoms with Crippen LogP contribution in [0.25, 0.3) is 10.8 Å². The second kappa shape index (κ2) is 8.43. The van der Waals surface area contributed by atoms with Crippen molar-refractivity contribution in [1.29, 1.82) is 0 Å². The van der Waals surface area contributed by atoms with Crippen molar-refractivity contribution in [2.24, 2.45) is 0 Å². The number of sulfonamides is 1. The summed E-state index contributed by atoms with van der Waals surface area (Å²) in [4.78, 5) is 2.53. The Labute approximate surface area is 139 Å². The Morgan fingerprint density at radius 3 is 2.39 bits per heavy atom. The van der Waals surface area contributed by atoms with Crippen molar-refractivity contribution in [2.75, 3.05) is 27.2 Å². The van der Waals surface area contributed by atoms with Gasteiger partial charge in [-0.15, -0.1) is 0 Å². The number of nitrogens with zero attached hydrogens (tertiary/aromatic N) is 1. The van der Waals surface area contributed by atoms with Crippen molar-refractivity contribution in [3.63, 3.8) is 0 Å². The lowest BCUT2D eigenvalue weighted by atomic mass is 10.1. The maximum atomic E-state index is 12.5. The first-order valence-corrected chi connectivity index (χ1v) is 9.61. The molecule has 0 spiro atoms. The van der Waals surface area contributed by atoms with Gasteiger partial charge in [0.05, 0.1) is 4.90 Å². The van der Waals surface area contributed by atoms with Crippen molar-refractivity contribution in [1.82, 2.24) is 9.62 Å². The third-order valence-electron chi connectivity index (χ3n) is 3.86. The molecule has 0 saturated heterocycles. The summed E-state index contributed by atoms with van der Waals surface area (Å²) < 4.78 is 27.7. The number of hydrogen-bond acceptors (Lipinski definition) is 3. The van der Waals surface area contributed by atoms with Gasteiger partial charge in [-0.1, -0.05) is 49.2 Å². The molecule has 2 rings (SSSR count). The molecule has 23 heavy (non-hydrogen) atoms. The van der Waals surface area contributed by atoms with E-state index in [4.69, 9.17) is 0 Å². The average molecular weight is 334 g/mol. The number of rotatable bonds is 9. The smallest absolute Gasteiger partial charge is 0.241 e. The molecule has 0 fully saturated rings. The molecule has 0 aromatic heterocycles. The number of unbranched alkanes of at least 4 members (excludes halogenated alkanes) is 3. The van der Waals surface area contributed by atoms with E-state index in [1.807, 2.05) is 30.3 Å². The maximum absolute atomic E-state index is 12.5. The van der Waals surface area contributed by atoms with E-state index in [2.05, 4.69) is 23.7 Å². The van der Waals surface area contributed by atoms with Crippen LogP contribution in [0.15, 0.2) is 47.4 Å². The van der Waals surface area contributed by atoms with Crippen LogP contribution in [0.2, 0.25) is 0 Å². The van der Waals surface area contributed by atoms with Crippen molar-refractivity contribution >= 4 is 20.8 Å². The van der Waals surface area contributed by atoms with E-state index < -0.39 is 10.0 Å². The van der Waals surface area contributed by atoms with Gasteiger partial charge in [-0.05, 0) is 44.9 Å². The zero-order chi connectivity index (χ0) is 16.7. The van der Waals surface area contributed by atoms with Gasteiger partial charge in [0.1, 0.15) is 0 Å². The summed E-state index contributed by atoms with van der Waals surface area (Å²) in [5, 5.41) is 1.72. The van der Waals surface area contributed by atoms with Crippen LogP contribution in [0.3, 0.4) is 0 Å². The summed E-state index contributed by atoms with van der Waals surface area (Å²) in [5.74, 6) is 0. The topological polar surface area (TPSA) is 49.4 Å². The molecule has 1 N–H and O–H groups in total. The predicted molar refractivity (Wildman–Crippen MR) is 96.2 cm³/mol. The van der Waals surface area contributed by atoms with Gasteiger partial charge >= 0.3 is 0 Å². The van der Waals surface area contributed by atoms with Crippen molar-refractivity contribution in [3.05, 3.63) is 42.5 Å². The molecule has 0 saturated carbocycles. The highest BCUT2D eigenvalue weighted by Gasteiger charge is 2.16. The number of benzene rings is 2. The Hall–Kier alpha value is -1.43. The van der Waals surface area contributed by atoms with Crippen LogP contribution in [0.5, 0.6) is 0 Å². The molecule has 0 heterocycles. The van der Waals surface area contributed by atoms with Gasteiger partial charge in [0.15, 0.2) is 0 Å². The fourth-order valence-corrected chi connectivity index (χ4v) is 3.92. The van der Waals surface area contributed by atoms with Crippen molar-refractivity contribution < 1.29 is 8.42 Å². The standard InChI is InChI=1S/C18H26N2O2S/c1-20(2)15-8-4-3-7-14-19-23(21,22)18-13-9-11-16-10-5-6-12-17(16)18/h5-6,9-13,19H,3-4,7-8,14-15H2,1-2H3. The second-order valence-electron chi connectivity index (χ2n) is 6.09. The molecular formula is C18H26N2O2S. The van der Waals surface area contributed by atoms with E-state index in [9.17, 15) is 8.42 Å². The predicted octanol–water partition coefficient (Wildman–Crippen LogP) is 3.24. The van der Waals surface area contributed by atoms with Crippen LogP contribution in [-0.2, 0) is 10.0 Å². The van der Waals surface area contributed by atoms with E-state index >= 15 is 0 Å². The summed E-state index contributed by atoms with van der Waals surface area (Å²) in [6.07, 6.45) is 4.21. The van der Waals surface area contributed by atoms with E-state index in [1.165, 1.54) is 0 Å². The lowest BCUT2D eigenvalue weighted by Gasteiger charge is -2.10. The highest BCUT2D eigenvalue weighted by molar-refractivity contribution is 7.89. The lowest BCUT2D eigenvalue weighted by Crippen LogP contribution is -2.25. The fraction of sp³-hybridized carbons (Fsp3) is 0.444. The monoisotopic (exact) mass is 334 g/mol. The van der Waals surface area contributed by atoms with Crippen molar-refractivity contribution in [3.8, 4) is 0 Å². The summed E-state index contributed by atoms with van der Waals surface area (Å²) >= 11 is 0. The Bertz CT molecular complexity index is 721. The Kier molecular flexibility index (Phi) is 6.57. The molecule has 2 aromatic carbocycles. The van der Waals surface area contributed by atoms with Crippen LogP contribution in [0.4, 0.5) is 0 Å². The van der Waals surface area contributed by atoms with Crippen LogP contribution in [-0.4, -0.2) is 40.5 Å². The largest absolute Gasteiger partial charge is 0.309 e. The van der Waals surface area contributed by atoms with Crippen molar-refractivity contribution in [2.45, 2.75) is 30.6 Å². The normalized spacial score (nSPS) is 12.1. The number of nitrogens with one attached hydrogen (secondary N) is 1. The molecule has 5 heteroatoms. The molecule has 2 aromatic rings. The summed E-state index contributed by atoms with van der Waals surface area (Å²) in [6.45, 7) is 1.58. The van der Waals surface area contributed by atoms with Gasteiger partial charge in [0.2, 0.25) is 10.0 Å². The Balaban J connectivity index is 1.89. The maximum Gasteiger partial charge on any atom is 0.241 e. The van der Waals surface area contributed by atoms with E-state index in [1.54, 1.807) is 12.1 Å². The second-order valence-corrected chi connectivity index (χ2v) is 7.83. The molecule has 0 atom stereocenters. The molecule has 0 aliphatic heterocycles. The number of fused-ring (bicyclic) bond motifs is 1. The summed E-state index contributed by atoms with van der Waals surface area (Å²) in [6, 6.07) is 13.0. The van der Waals surface area contributed by atoms with E-state index in [-0.39, 0.29) is 0 Å². The molecule has 0 radical (unpaired) electrons. The van der Waals surface area contributed by atoms with Gasteiger partial charge in [-0.2, -0.15) is 0 Å². The van der Waals surface area contributed by atoms with E-state index in [0.717, 1.165) is 43.0 Å². The Morgan fingerprint density at radius 2 is 1.61 bits per heavy atom. The highest BCUT2D eigenvalue weighted by Crippen LogP contribution is 2.22. The number of hydrogen-bond donors (Lipinski definition) is 1. The quantitative estimate of drug-likeness (QED) is 0.716. The zero-order valence-electron chi connectivity index (χ0n) is 14.0. The SMILES string of the molecule is CN(C)CCCCCCNS(=O)(=O)c1cccc2ccccc12. The first-order valence-electron chi connectivity index (χ1n) is 8.13. The fourth-order valence-electron chi connectivity index (χ4n) is 2.62. The summed E-state index contributed by atoms with van der Waals surface area (Å²) in [5.41, 5.74) is 0. The molecular weight excluding hydrogens is 308 g/mol. The van der Waals surface area contributed by atoms with Crippen LogP contribution in [0, 0.1) is 0 Å². The molecule has 0 bridgehead atoms. The van der Waals surface area contributed by atoms with Gasteiger partial charge in [-0.25, -0.2) is 13.1 Å². The van der Waals surface area contributed by atoms with Gasteiger partial charge < -0.3 is 4.90 Å². The van der Waals surface area contributed by atoms with Crippen LogP contribution < -0.4 is 4.72 Å². The molecule has 0 aliphatic carbocycles. The first-order chi connectivity index (χ1) is 11.0. The highest BCUT2D eigenvalue weighted by atomic mass is 32.2. The van der Waals surface area contributed by atoms with Crippen LogP contribution in [0.1, 0.15) is 25.7 Å². The summed E-state index contributed by atoms with van der Waals surface area (Å²) in [7, 11) is 0.684. The minimum atomic E-state index is -3.45. The average Bonchev–Trinajstić information content (AvgIpc) is 2.53. The Morgan fingerprint density at radius 1 is 0.913 bits per heavy atom. The minimum Gasteiger partial charge on any atom is -0.309 e. The van der Waals surface area contributed by atoms with Gasteiger partial charge in [0.25, 0.3) is 0 Å². The molecule has 0 amide bonds. The third kappa shape index (κ3) is 5.30. The molecule has 4 nitrogen and oxygen atoms in total. The lowest BCUT2D eigenvalue weighted by molar-refractivity contribution is 0.390. The van der Waals surface area contributed by atoms with Gasteiger partial charge in [-0.3, -0.25) is 0 Å². The molecule has 126 valence electrons.